The van der Waals surface area contributed by atoms with Crippen LogP contribution >= 0.6 is 11.6 Å². The first-order valence-electron chi connectivity index (χ1n) is 10.4. The molecule has 2 aromatic carbocycles. The zero-order valence-corrected chi connectivity index (χ0v) is 19.2. The van der Waals surface area contributed by atoms with E-state index in [4.69, 9.17) is 21.4 Å². The zero-order valence-electron chi connectivity index (χ0n) is 18.5. The number of halogens is 2. The van der Waals surface area contributed by atoms with E-state index >= 15 is 0 Å². The molecule has 1 atom stereocenters. The number of carbonyl (C=O) groups is 2. The summed E-state index contributed by atoms with van der Waals surface area (Å²) < 4.78 is 22.1. The summed E-state index contributed by atoms with van der Waals surface area (Å²) in [7, 11) is 1.78. The van der Waals surface area contributed by atoms with Crippen LogP contribution in [0.5, 0.6) is 0 Å². The smallest absolute Gasteiger partial charge is 0.335 e. The summed E-state index contributed by atoms with van der Waals surface area (Å²) >= 11 is 6.21. The highest BCUT2D eigenvalue weighted by molar-refractivity contribution is 6.32. The minimum atomic E-state index is -1.22. The highest BCUT2D eigenvalue weighted by Gasteiger charge is 2.41. The number of aromatic carboxylic acids is 1. The number of aryl methyl sites for hydroxylation is 2. The zero-order chi connectivity index (χ0) is 23.6. The van der Waals surface area contributed by atoms with Gasteiger partial charge >= 0.3 is 5.97 Å². The maximum absolute atomic E-state index is 14.8. The molecule has 32 heavy (non-hydrogen) atoms. The topological polar surface area (TPSA) is 80.6 Å². The molecule has 2 N–H and O–H groups in total. The average molecular weight is 461 g/mol. The maximum atomic E-state index is 14.8. The molecule has 6 nitrogen and oxygen atoms in total. The van der Waals surface area contributed by atoms with Gasteiger partial charge in [0, 0.05) is 41.6 Å². The van der Waals surface area contributed by atoms with Crippen molar-refractivity contribution in [2.24, 2.45) is 7.05 Å². The van der Waals surface area contributed by atoms with Gasteiger partial charge in [-0.05, 0) is 42.8 Å². The second-order valence-corrected chi connectivity index (χ2v) is 7.94. The molecule has 0 saturated carbocycles. The molecule has 1 aliphatic heterocycles. The molecule has 0 bridgehead atoms. The minimum absolute atomic E-state index is 0.0941. The molecule has 8 heteroatoms. The number of ether oxygens (including phenoxy) is 1. The summed E-state index contributed by atoms with van der Waals surface area (Å²) in [5, 5.41) is 13.5. The Morgan fingerprint density at radius 3 is 2.53 bits per heavy atom. The number of carboxylic acids is 1. The Hall–Kier alpha value is -2.90. The third kappa shape index (κ3) is 4.10. The van der Waals surface area contributed by atoms with Gasteiger partial charge in [-0.2, -0.15) is 0 Å². The van der Waals surface area contributed by atoms with E-state index in [1.54, 1.807) is 23.7 Å². The number of carbonyl (C=O) groups excluding carboxylic acids is 1. The van der Waals surface area contributed by atoms with Crippen LogP contribution in [-0.4, -0.2) is 34.8 Å². The number of rotatable bonds is 4. The Morgan fingerprint density at radius 2 is 1.94 bits per heavy atom. The van der Waals surface area contributed by atoms with Gasteiger partial charge in [-0.15, -0.1) is 0 Å². The number of carboxylic acid groups (broad SMARTS) is 1. The van der Waals surface area contributed by atoms with Gasteiger partial charge in [0.05, 0.1) is 17.7 Å². The van der Waals surface area contributed by atoms with Crippen molar-refractivity contribution in [3.05, 3.63) is 69.6 Å². The van der Waals surface area contributed by atoms with Gasteiger partial charge in [-0.3, -0.25) is 4.79 Å². The van der Waals surface area contributed by atoms with Gasteiger partial charge in [-0.25, -0.2) is 9.18 Å². The minimum Gasteiger partial charge on any atom is -0.478 e. The van der Waals surface area contributed by atoms with Crippen molar-refractivity contribution in [1.82, 2.24) is 9.88 Å². The van der Waals surface area contributed by atoms with Crippen molar-refractivity contribution in [3.63, 3.8) is 0 Å². The van der Waals surface area contributed by atoms with Crippen LogP contribution in [0.15, 0.2) is 36.4 Å². The van der Waals surface area contributed by atoms with Gasteiger partial charge in [0.25, 0.3) is 5.91 Å². The van der Waals surface area contributed by atoms with Gasteiger partial charge < -0.3 is 19.7 Å². The molecular formula is C24H26ClFN2O4. The van der Waals surface area contributed by atoms with Gasteiger partial charge in [-0.1, -0.05) is 31.5 Å². The Balaban J connectivity index is 0.00000141. The highest BCUT2D eigenvalue weighted by atomic mass is 35.5. The quantitative estimate of drug-likeness (QED) is 0.571. The number of fused-ring (bicyclic) bond motifs is 1. The Bertz CT molecular complexity index is 1180. The summed E-state index contributed by atoms with van der Waals surface area (Å²) in [6.45, 7) is 6.33. The fourth-order valence-electron chi connectivity index (χ4n) is 4.00. The number of nitrogens with one attached hydrogen (secondary N) is 1. The molecule has 0 aliphatic carbocycles. The second kappa shape index (κ2) is 9.30. The van der Waals surface area contributed by atoms with Crippen LogP contribution in [-0.2, 0) is 17.3 Å². The lowest BCUT2D eigenvalue weighted by Gasteiger charge is -2.30. The van der Waals surface area contributed by atoms with Crippen LogP contribution in [0.4, 0.5) is 4.39 Å². The molecule has 1 unspecified atom stereocenters. The van der Waals surface area contributed by atoms with Crippen molar-refractivity contribution in [2.45, 2.75) is 32.7 Å². The summed E-state index contributed by atoms with van der Waals surface area (Å²) in [6, 6.07) is 9.09. The monoisotopic (exact) mass is 460 g/mol. The number of aromatic nitrogens is 1. The lowest BCUT2D eigenvalue weighted by molar-refractivity contribution is 0.0695. The normalized spacial score (nSPS) is 17.7. The molecule has 1 fully saturated rings. The third-order valence-corrected chi connectivity index (χ3v) is 6.18. The predicted octanol–water partition coefficient (Wildman–Crippen LogP) is 5.05. The van der Waals surface area contributed by atoms with Crippen LogP contribution < -0.4 is 5.32 Å². The van der Waals surface area contributed by atoms with E-state index in [9.17, 15) is 14.0 Å². The first kappa shape index (κ1) is 23.8. The molecule has 0 spiro atoms. The number of nitrogens with zero attached hydrogens (tertiary/aromatic N) is 1. The van der Waals surface area contributed by atoms with Crippen LogP contribution in [0.3, 0.4) is 0 Å². The molecular weight excluding hydrogens is 435 g/mol. The van der Waals surface area contributed by atoms with Crippen LogP contribution in [0.25, 0.3) is 10.9 Å². The molecule has 1 amide bonds. The summed E-state index contributed by atoms with van der Waals surface area (Å²) in [5.41, 5.74) is 1.11. The van der Waals surface area contributed by atoms with E-state index in [-0.39, 0.29) is 23.6 Å². The molecule has 1 aromatic heterocycles. The number of hydrogen-bond donors (Lipinski definition) is 2. The van der Waals surface area contributed by atoms with E-state index in [1.807, 2.05) is 26.8 Å². The highest BCUT2D eigenvalue weighted by Crippen LogP contribution is 2.34. The fourth-order valence-corrected chi connectivity index (χ4v) is 4.17. The molecule has 1 saturated heterocycles. The fraction of sp³-hybridized carbons (Fsp3) is 0.333. The van der Waals surface area contributed by atoms with E-state index in [1.165, 1.54) is 12.1 Å². The summed E-state index contributed by atoms with van der Waals surface area (Å²) in [5.74, 6) is -2.29. The SMILES string of the molecule is CC.Cc1c(Cl)ccc2c1cc(C(=O)NC1(c3ccc(C(=O)O)cc3F)CCOC1)n2C. The van der Waals surface area contributed by atoms with Crippen molar-refractivity contribution in [1.29, 1.82) is 0 Å². The summed E-state index contributed by atoms with van der Waals surface area (Å²) in [4.78, 5) is 24.3. The predicted molar refractivity (Wildman–Crippen MR) is 122 cm³/mol. The lowest BCUT2D eigenvalue weighted by Crippen LogP contribution is -2.47. The first-order chi connectivity index (χ1) is 15.2. The van der Waals surface area contributed by atoms with Gasteiger partial charge in [0.1, 0.15) is 11.5 Å². The van der Waals surface area contributed by atoms with Crippen molar-refractivity contribution >= 4 is 34.4 Å². The van der Waals surface area contributed by atoms with Crippen molar-refractivity contribution < 1.29 is 23.8 Å². The number of hydrogen-bond acceptors (Lipinski definition) is 3. The van der Waals surface area contributed by atoms with Gasteiger partial charge in [0.15, 0.2) is 0 Å². The third-order valence-electron chi connectivity index (χ3n) is 5.77. The second-order valence-electron chi connectivity index (χ2n) is 7.53. The van der Waals surface area contributed by atoms with E-state index in [0.717, 1.165) is 22.5 Å². The molecule has 170 valence electrons. The Morgan fingerprint density at radius 1 is 1.22 bits per heavy atom. The van der Waals surface area contributed by atoms with Crippen LogP contribution in [0.2, 0.25) is 5.02 Å². The standard InChI is InChI=1S/C22H20ClFN2O4.C2H6/c1-12-14-10-19(26(2)18(14)6-5-16(12)23)20(27)25-22(7-8-30-11-22)15-4-3-13(21(28)29)9-17(15)24;1-2/h3-6,9-10H,7-8,11H2,1-2H3,(H,25,27)(H,28,29);1-2H3. The molecule has 3 aromatic rings. The average Bonchev–Trinajstić information content (AvgIpc) is 3.37. The largest absolute Gasteiger partial charge is 0.478 e. The van der Waals surface area contributed by atoms with E-state index in [0.29, 0.717) is 23.7 Å². The van der Waals surface area contributed by atoms with Crippen LogP contribution in [0.1, 0.15) is 52.2 Å². The molecule has 0 radical (unpaired) electrons. The lowest BCUT2D eigenvalue weighted by atomic mass is 9.87. The van der Waals surface area contributed by atoms with Gasteiger partial charge in [0.2, 0.25) is 0 Å². The molecule has 4 rings (SSSR count). The maximum Gasteiger partial charge on any atom is 0.335 e. The number of benzene rings is 2. The van der Waals surface area contributed by atoms with E-state index in [2.05, 4.69) is 5.32 Å². The Labute approximate surface area is 190 Å². The molecule has 1 aliphatic rings. The van der Waals surface area contributed by atoms with Crippen molar-refractivity contribution in [3.8, 4) is 0 Å². The van der Waals surface area contributed by atoms with E-state index < -0.39 is 17.3 Å². The molecule has 2 heterocycles. The summed E-state index contributed by atoms with van der Waals surface area (Å²) in [6.07, 6.45) is 0.372. The Kier molecular flexibility index (Phi) is 6.91. The van der Waals surface area contributed by atoms with Crippen LogP contribution in [0, 0.1) is 12.7 Å². The first-order valence-corrected chi connectivity index (χ1v) is 10.8. The van der Waals surface area contributed by atoms with Crippen molar-refractivity contribution in [2.75, 3.05) is 13.2 Å². The number of amides is 1.